The zero-order valence-electron chi connectivity index (χ0n) is 11.1. The smallest absolute Gasteiger partial charge is 0.287 e. The maximum absolute atomic E-state index is 13.0. The highest BCUT2D eigenvalue weighted by Gasteiger charge is 2.53. The van der Waals surface area contributed by atoms with E-state index in [0.29, 0.717) is 0 Å². The lowest BCUT2D eigenvalue weighted by Gasteiger charge is -2.29. The Morgan fingerprint density at radius 1 is 1.43 bits per heavy atom. The Balaban J connectivity index is 2.43. The first-order valence-corrected chi connectivity index (χ1v) is 5.87. The van der Waals surface area contributed by atoms with Crippen LogP contribution in [0.3, 0.4) is 0 Å². The molecule has 0 unspecified atom stereocenters. The fourth-order valence-corrected chi connectivity index (χ4v) is 2.03. The summed E-state index contributed by atoms with van der Waals surface area (Å²) in [7, 11) is 1.50. The largest absolute Gasteiger partial charge is 0.364 e. The maximum atomic E-state index is 13.0. The quantitative estimate of drug-likeness (QED) is 0.852. The summed E-state index contributed by atoms with van der Waals surface area (Å²) in [5, 5.41) is 16.9. The molecule has 2 heterocycles. The van der Waals surface area contributed by atoms with Crippen LogP contribution < -0.4 is 0 Å². The minimum atomic E-state index is -3.45. The van der Waals surface area contributed by atoms with Crippen molar-refractivity contribution in [3.63, 3.8) is 0 Å². The number of carbonyl (C=O) groups excluding carboxylic acids is 1. The number of aromatic nitrogens is 2. The van der Waals surface area contributed by atoms with E-state index in [2.05, 4.69) is 10.2 Å². The zero-order valence-corrected chi connectivity index (χ0v) is 11.1. The minimum Gasteiger partial charge on any atom is -0.364 e. The Kier molecular flexibility index (Phi) is 3.74. The molecule has 1 aliphatic heterocycles. The van der Waals surface area contributed by atoms with Crippen molar-refractivity contribution in [1.29, 1.82) is 0 Å². The highest BCUT2D eigenvalue weighted by molar-refractivity contribution is 5.99. The van der Waals surface area contributed by atoms with Gasteiger partial charge in [-0.15, -0.1) is 0 Å². The molecule has 1 N–H and O–H groups in total. The van der Waals surface area contributed by atoms with Gasteiger partial charge in [0.05, 0.1) is 11.3 Å². The molecule has 0 saturated carbocycles. The summed E-state index contributed by atoms with van der Waals surface area (Å²) in [4.78, 5) is 12.2. The van der Waals surface area contributed by atoms with Crippen LogP contribution in [0.25, 0.3) is 0 Å². The number of hydrazone groups is 1. The maximum Gasteiger partial charge on any atom is 0.287 e. The van der Waals surface area contributed by atoms with Crippen LogP contribution in [-0.4, -0.2) is 50.1 Å². The normalized spacial score (nSPS) is 22.3. The second kappa shape index (κ2) is 5.10. The topological polar surface area (TPSA) is 70.7 Å². The SMILES string of the molecule is Cc1nn(C)cc1C(=O)N1N=C(C(F)F)C[C@]1(O)C(F)F. The molecule has 0 aromatic carbocycles. The average Bonchev–Trinajstić information content (AvgIpc) is 2.90. The van der Waals surface area contributed by atoms with Crippen molar-refractivity contribution >= 4 is 11.6 Å². The van der Waals surface area contributed by atoms with E-state index in [0.717, 1.165) is 0 Å². The van der Waals surface area contributed by atoms with Gasteiger partial charge < -0.3 is 5.11 Å². The number of aryl methyl sites for hydroxylation is 2. The van der Waals surface area contributed by atoms with E-state index in [1.54, 1.807) is 0 Å². The minimum absolute atomic E-state index is 0.0170. The lowest BCUT2D eigenvalue weighted by Crippen LogP contribution is -2.51. The van der Waals surface area contributed by atoms with Crippen LogP contribution in [-0.2, 0) is 7.05 Å². The predicted octanol–water partition coefficient (Wildman–Crippen LogP) is 1.15. The summed E-state index contributed by atoms with van der Waals surface area (Å²) in [6, 6.07) is 0. The standard InChI is InChI=1S/C11H12F4N4O2/c1-5-6(4-18(2)16-5)9(20)19-11(21,10(14)15)3-7(17-19)8(12)13/h4,8,10,21H,3H2,1-2H3/t11-/m0/s1. The number of amides is 1. The van der Waals surface area contributed by atoms with E-state index < -0.39 is 36.6 Å². The fraction of sp³-hybridized carbons (Fsp3) is 0.545. The fourth-order valence-electron chi connectivity index (χ4n) is 2.03. The number of rotatable bonds is 3. The van der Waals surface area contributed by atoms with Crippen LogP contribution in [0.4, 0.5) is 17.6 Å². The number of alkyl halides is 4. The molecule has 1 amide bonds. The van der Waals surface area contributed by atoms with Gasteiger partial charge in [0.2, 0.25) is 5.72 Å². The second-order valence-corrected chi connectivity index (χ2v) is 4.67. The lowest BCUT2D eigenvalue weighted by atomic mass is 10.1. The molecule has 0 radical (unpaired) electrons. The Hall–Kier alpha value is -1.97. The van der Waals surface area contributed by atoms with Crippen LogP contribution in [0.1, 0.15) is 22.5 Å². The van der Waals surface area contributed by atoms with E-state index in [1.807, 2.05) is 0 Å². The molecule has 0 bridgehead atoms. The number of aliphatic hydroxyl groups is 1. The molecular weight excluding hydrogens is 296 g/mol. The molecule has 21 heavy (non-hydrogen) atoms. The summed E-state index contributed by atoms with van der Waals surface area (Å²) in [5.74, 6) is -1.11. The Bertz CT molecular complexity index is 601. The van der Waals surface area contributed by atoms with Gasteiger partial charge in [0.1, 0.15) is 5.71 Å². The van der Waals surface area contributed by atoms with Crippen molar-refractivity contribution < 1.29 is 27.5 Å². The predicted molar refractivity (Wildman–Crippen MR) is 63.1 cm³/mol. The molecule has 2 rings (SSSR count). The first kappa shape index (κ1) is 15.4. The molecule has 0 spiro atoms. The third-order valence-corrected chi connectivity index (χ3v) is 3.07. The lowest BCUT2D eigenvalue weighted by molar-refractivity contribution is -0.164. The molecule has 10 heteroatoms. The summed E-state index contributed by atoms with van der Waals surface area (Å²) < 4.78 is 52.5. The average molecular weight is 308 g/mol. The molecule has 0 saturated heterocycles. The van der Waals surface area contributed by atoms with Crippen LogP contribution in [0, 0.1) is 6.92 Å². The first-order valence-electron chi connectivity index (χ1n) is 5.87. The Morgan fingerprint density at radius 2 is 2.05 bits per heavy atom. The molecule has 116 valence electrons. The number of hydrogen-bond acceptors (Lipinski definition) is 4. The molecule has 1 aromatic heterocycles. The number of nitrogens with zero attached hydrogens (tertiary/aromatic N) is 4. The van der Waals surface area contributed by atoms with Crippen molar-refractivity contribution in [3.05, 3.63) is 17.5 Å². The van der Waals surface area contributed by atoms with Gasteiger partial charge in [-0.2, -0.15) is 15.2 Å². The van der Waals surface area contributed by atoms with Crippen LogP contribution in [0.5, 0.6) is 0 Å². The van der Waals surface area contributed by atoms with Crippen molar-refractivity contribution in [1.82, 2.24) is 14.8 Å². The van der Waals surface area contributed by atoms with Gasteiger partial charge in [-0.3, -0.25) is 9.48 Å². The molecule has 0 fully saturated rings. The van der Waals surface area contributed by atoms with Gasteiger partial charge in [-0.1, -0.05) is 0 Å². The number of halogens is 4. The van der Waals surface area contributed by atoms with Gasteiger partial charge in [0.15, 0.2) is 0 Å². The Labute approximate surface area is 116 Å². The van der Waals surface area contributed by atoms with E-state index in [4.69, 9.17) is 0 Å². The zero-order chi connectivity index (χ0) is 15.9. The molecule has 6 nitrogen and oxygen atoms in total. The van der Waals surface area contributed by atoms with Gasteiger partial charge in [-0.25, -0.2) is 17.6 Å². The van der Waals surface area contributed by atoms with Gasteiger partial charge >= 0.3 is 0 Å². The second-order valence-electron chi connectivity index (χ2n) is 4.67. The van der Waals surface area contributed by atoms with Crippen molar-refractivity contribution in [2.75, 3.05) is 0 Å². The number of hydrogen-bond donors (Lipinski definition) is 1. The van der Waals surface area contributed by atoms with Crippen LogP contribution in [0.15, 0.2) is 11.3 Å². The number of carbonyl (C=O) groups is 1. The van der Waals surface area contributed by atoms with E-state index in [9.17, 15) is 27.5 Å². The summed E-state index contributed by atoms with van der Waals surface area (Å²) in [5.41, 5.74) is -3.94. The summed E-state index contributed by atoms with van der Waals surface area (Å²) in [6.07, 6.45) is -6.45. The molecule has 1 aromatic rings. The monoisotopic (exact) mass is 308 g/mol. The van der Waals surface area contributed by atoms with Crippen LogP contribution >= 0.6 is 0 Å². The third kappa shape index (κ3) is 2.50. The van der Waals surface area contributed by atoms with E-state index in [1.165, 1.54) is 24.9 Å². The highest BCUT2D eigenvalue weighted by atomic mass is 19.3. The van der Waals surface area contributed by atoms with Gasteiger partial charge in [0, 0.05) is 19.7 Å². The Morgan fingerprint density at radius 3 is 2.48 bits per heavy atom. The van der Waals surface area contributed by atoms with E-state index in [-0.39, 0.29) is 16.3 Å². The molecule has 1 aliphatic rings. The van der Waals surface area contributed by atoms with Gasteiger partial charge in [0.25, 0.3) is 18.8 Å². The molecule has 0 aliphatic carbocycles. The first-order chi connectivity index (χ1) is 9.66. The summed E-state index contributed by atoms with van der Waals surface area (Å²) in [6.45, 7) is 1.45. The summed E-state index contributed by atoms with van der Waals surface area (Å²) >= 11 is 0. The molecular formula is C11H12F4N4O2. The van der Waals surface area contributed by atoms with Crippen molar-refractivity contribution in [2.45, 2.75) is 31.9 Å². The highest BCUT2D eigenvalue weighted by Crippen LogP contribution is 2.34. The third-order valence-electron chi connectivity index (χ3n) is 3.07. The molecule has 1 atom stereocenters. The van der Waals surface area contributed by atoms with Crippen molar-refractivity contribution in [2.24, 2.45) is 12.1 Å². The van der Waals surface area contributed by atoms with E-state index >= 15 is 0 Å². The van der Waals surface area contributed by atoms with Crippen LogP contribution in [0.2, 0.25) is 0 Å². The van der Waals surface area contributed by atoms with Crippen molar-refractivity contribution in [3.8, 4) is 0 Å². The van der Waals surface area contributed by atoms with Gasteiger partial charge in [-0.05, 0) is 6.92 Å².